The van der Waals surface area contributed by atoms with Crippen LogP contribution in [0, 0.1) is 5.92 Å². The van der Waals surface area contributed by atoms with Crippen LogP contribution >= 0.6 is 11.8 Å². The standard InChI is InChI=1S/C13H22N2O2S/c1-8(2)13(3)11(17)15-12(18-13)14-9-4-6-10(16)7-5-9/h8-10,16H,4-7H2,1-3H3,(H,14,15,17)/t9?,10?,13-/m1/s1. The molecule has 0 aromatic carbocycles. The van der Waals surface area contributed by atoms with E-state index in [1.807, 2.05) is 6.92 Å². The Bertz CT molecular complexity index is 362. The minimum absolute atomic E-state index is 0.0668. The Morgan fingerprint density at radius 2 is 2.00 bits per heavy atom. The molecule has 1 saturated heterocycles. The highest BCUT2D eigenvalue weighted by Crippen LogP contribution is 2.38. The second-order valence-electron chi connectivity index (χ2n) is 5.71. The molecule has 102 valence electrons. The molecular formula is C13H22N2O2S. The molecule has 0 aromatic rings. The average Bonchev–Trinajstić information content (AvgIpc) is 2.59. The summed E-state index contributed by atoms with van der Waals surface area (Å²) in [6.45, 7) is 6.10. The Balaban J connectivity index is 2.01. The summed E-state index contributed by atoms with van der Waals surface area (Å²) in [4.78, 5) is 16.6. The van der Waals surface area contributed by atoms with Crippen molar-refractivity contribution in [2.24, 2.45) is 10.9 Å². The number of aliphatic hydroxyl groups is 1. The van der Waals surface area contributed by atoms with E-state index in [1.165, 1.54) is 0 Å². The number of aliphatic imine (C=N–C) groups is 1. The molecule has 1 saturated carbocycles. The van der Waals surface area contributed by atoms with Crippen LogP contribution in [0.2, 0.25) is 0 Å². The topological polar surface area (TPSA) is 61.7 Å². The van der Waals surface area contributed by atoms with Crippen molar-refractivity contribution in [1.29, 1.82) is 0 Å². The highest BCUT2D eigenvalue weighted by molar-refractivity contribution is 8.16. The van der Waals surface area contributed by atoms with Gasteiger partial charge in [-0.2, -0.15) is 0 Å². The molecular weight excluding hydrogens is 248 g/mol. The van der Waals surface area contributed by atoms with Crippen molar-refractivity contribution in [1.82, 2.24) is 5.32 Å². The number of aliphatic hydroxyl groups excluding tert-OH is 1. The van der Waals surface area contributed by atoms with Gasteiger partial charge in [0, 0.05) is 0 Å². The van der Waals surface area contributed by atoms with Crippen molar-refractivity contribution in [2.75, 3.05) is 0 Å². The normalized spacial score (nSPS) is 39.4. The number of nitrogens with zero attached hydrogens (tertiary/aromatic N) is 1. The van der Waals surface area contributed by atoms with Gasteiger partial charge in [-0.25, -0.2) is 0 Å². The smallest absolute Gasteiger partial charge is 0.242 e. The third kappa shape index (κ3) is 2.72. The van der Waals surface area contributed by atoms with Gasteiger partial charge < -0.3 is 10.4 Å². The van der Waals surface area contributed by atoms with E-state index in [2.05, 4.69) is 24.2 Å². The van der Waals surface area contributed by atoms with Crippen LogP contribution in [0.1, 0.15) is 46.5 Å². The van der Waals surface area contributed by atoms with Gasteiger partial charge in [0.25, 0.3) is 0 Å². The van der Waals surface area contributed by atoms with E-state index in [9.17, 15) is 9.90 Å². The van der Waals surface area contributed by atoms with Crippen LogP contribution < -0.4 is 5.32 Å². The maximum Gasteiger partial charge on any atom is 0.242 e. The Hall–Kier alpha value is -0.550. The van der Waals surface area contributed by atoms with Crippen LogP contribution in [0.25, 0.3) is 0 Å². The van der Waals surface area contributed by atoms with E-state index in [-0.39, 0.29) is 24.0 Å². The van der Waals surface area contributed by atoms with Crippen molar-refractivity contribution >= 4 is 22.8 Å². The van der Waals surface area contributed by atoms with Crippen LogP contribution in [0.15, 0.2) is 4.99 Å². The van der Waals surface area contributed by atoms with E-state index < -0.39 is 4.75 Å². The maximum absolute atomic E-state index is 12.0. The highest BCUT2D eigenvalue weighted by Gasteiger charge is 2.45. The summed E-state index contributed by atoms with van der Waals surface area (Å²) in [6.07, 6.45) is 3.32. The van der Waals surface area contributed by atoms with E-state index in [0.29, 0.717) is 0 Å². The van der Waals surface area contributed by atoms with Crippen LogP contribution in [-0.4, -0.2) is 33.1 Å². The van der Waals surface area contributed by atoms with Crippen molar-refractivity contribution in [3.63, 3.8) is 0 Å². The van der Waals surface area contributed by atoms with Gasteiger partial charge in [-0.3, -0.25) is 9.79 Å². The average molecular weight is 270 g/mol. The zero-order valence-electron chi connectivity index (χ0n) is 11.3. The highest BCUT2D eigenvalue weighted by atomic mass is 32.2. The molecule has 5 heteroatoms. The third-order valence-electron chi connectivity index (χ3n) is 4.05. The SMILES string of the molecule is CC(C)[C@@]1(C)SC(=NC2CCC(O)CC2)NC1=O. The second kappa shape index (κ2) is 5.21. The largest absolute Gasteiger partial charge is 0.393 e. The van der Waals surface area contributed by atoms with Crippen molar-refractivity contribution < 1.29 is 9.90 Å². The number of amides is 1. The zero-order chi connectivity index (χ0) is 13.3. The summed E-state index contributed by atoms with van der Waals surface area (Å²) in [5.74, 6) is 0.348. The fourth-order valence-corrected chi connectivity index (χ4v) is 3.41. The predicted molar refractivity (Wildman–Crippen MR) is 74.7 cm³/mol. The minimum atomic E-state index is -0.396. The number of rotatable bonds is 2. The predicted octanol–water partition coefficient (Wildman–Crippen LogP) is 1.92. The summed E-state index contributed by atoms with van der Waals surface area (Å²) in [5.41, 5.74) is 0. The molecule has 1 aliphatic carbocycles. The number of carbonyl (C=O) groups excluding carboxylic acids is 1. The number of hydrogen-bond donors (Lipinski definition) is 2. The molecule has 1 atom stereocenters. The third-order valence-corrected chi connectivity index (χ3v) is 5.53. The lowest BCUT2D eigenvalue weighted by Crippen LogP contribution is -2.38. The fraction of sp³-hybridized carbons (Fsp3) is 0.846. The molecule has 1 heterocycles. The van der Waals surface area contributed by atoms with Gasteiger partial charge in [-0.15, -0.1) is 0 Å². The molecule has 2 rings (SSSR count). The first-order valence-electron chi connectivity index (χ1n) is 6.68. The first kappa shape index (κ1) is 13.9. The van der Waals surface area contributed by atoms with Crippen LogP contribution in [0.4, 0.5) is 0 Å². The van der Waals surface area contributed by atoms with Gasteiger partial charge in [-0.1, -0.05) is 25.6 Å². The van der Waals surface area contributed by atoms with Crippen molar-refractivity contribution in [3.8, 4) is 0 Å². The molecule has 4 nitrogen and oxygen atoms in total. The lowest BCUT2D eigenvalue weighted by Gasteiger charge is -2.24. The molecule has 2 fully saturated rings. The van der Waals surface area contributed by atoms with E-state index in [4.69, 9.17) is 0 Å². The Morgan fingerprint density at radius 1 is 1.39 bits per heavy atom. The molecule has 0 unspecified atom stereocenters. The van der Waals surface area contributed by atoms with Gasteiger partial charge in [0.05, 0.1) is 12.1 Å². The Labute approximate surface area is 113 Å². The monoisotopic (exact) mass is 270 g/mol. The minimum Gasteiger partial charge on any atom is -0.393 e. The molecule has 1 amide bonds. The van der Waals surface area contributed by atoms with Gasteiger partial charge in [0.2, 0.25) is 5.91 Å². The molecule has 2 N–H and O–H groups in total. The van der Waals surface area contributed by atoms with E-state index >= 15 is 0 Å². The number of nitrogens with one attached hydrogen (secondary N) is 1. The summed E-state index contributed by atoms with van der Waals surface area (Å²) >= 11 is 1.55. The summed E-state index contributed by atoms with van der Waals surface area (Å²) in [6, 6.07) is 0.255. The van der Waals surface area contributed by atoms with Gasteiger partial charge in [0.15, 0.2) is 5.17 Å². The Morgan fingerprint density at radius 3 is 2.50 bits per heavy atom. The maximum atomic E-state index is 12.0. The summed E-state index contributed by atoms with van der Waals surface area (Å²) in [5, 5.41) is 13.1. The first-order chi connectivity index (χ1) is 8.41. The number of amidine groups is 1. The van der Waals surface area contributed by atoms with Crippen molar-refractivity contribution in [2.45, 2.75) is 63.3 Å². The quantitative estimate of drug-likeness (QED) is 0.806. The van der Waals surface area contributed by atoms with Gasteiger partial charge >= 0.3 is 0 Å². The second-order valence-corrected chi connectivity index (χ2v) is 7.15. The molecule has 0 spiro atoms. The summed E-state index contributed by atoms with van der Waals surface area (Å²) in [7, 11) is 0. The van der Waals surface area contributed by atoms with E-state index in [0.717, 1.165) is 30.9 Å². The van der Waals surface area contributed by atoms with Crippen molar-refractivity contribution in [3.05, 3.63) is 0 Å². The number of carbonyl (C=O) groups is 1. The first-order valence-corrected chi connectivity index (χ1v) is 7.50. The summed E-state index contributed by atoms with van der Waals surface area (Å²) < 4.78 is -0.396. The van der Waals surface area contributed by atoms with Gasteiger partial charge in [-0.05, 0) is 38.5 Å². The lowest BCUT2D eigenvalue weighted by atomic mass is 9.94. The molecule has 0 bridgehead atoms. The lowest BCUT2D eigenvalue weighted by molar-refractivity contribution is -0.122. The zero-order valence-corrected chi connectivity index (χ0v) is 12.1. The Kier molecular flexibility index (Phi) is 4.02. The molecule has 2 aliphatic rings. The molecule has 0 radical (unpaired) electrons. The number of hydrogen-bond acceptors (Lipinski definition) is 4. The fourth-order valence-electron chi connectivity index (χ4n) is 2.29. The molecule has 1 aliphatic heterocycles. The van der Waals surface area contributed by atoms with Crippen LogP contribution in [0.5, 0.6) is 0 Å². The molecule has 0 aromatic heterocycles. The van der Waals surface area contributed by atoms with E-state index in [1.54, 1.807) is 11.8 Å². The van der Waals surface area contributed by atoms with Gasteiger partial charge in [0.1, 0.15) is 4.75 Å². The van der Waals surface area contributed by atoms with Crippen LogP contribution in [0.3, 0.4) is 0 Å². The number of thioether (sulfide) groups is 1. The molecule has 18 heavy (non-hydrogen) atoms. The van der Waals surface area contributed by atoms with Crippen LogP contribution in [-0.2, 0) is 4.79 Å².